The van der Waals surface area contributed by atoms with E-state index in [0.717, 1.165) is 48.3 Å². The maximum absolute atomic E-state index is 10.2. The molecule has 1 heteroatoms. The van der Waals surface area contributed by atoms with Crippen LogP contribution < -0.4 is 0 Å². The highest BCUT2D eigenvalue weighted by Gasteiger charge is 2.59. The number of aliphatic hydroxyl groups is 1. The summed E-state index contributed by atoms with van der Waals surface area (Å²) in [4.78, 5) is 0. The lowest BCUT2D eigenvalue weighted by Crippen LogP contribution is -2.50. The molecule has 0 amide bonds. The van der Waals surface area contributed by atoms with Crippen LogP contribution in [0.15, 0.2) is 23.8 Å². The van der Waals surface area contributed by atoms with Crippen LogP contribution in [0.2, 0.25) is 0 Å². The highest BCUT2D eigenvalue weighted by molar-refractivity contribution is 5.25. The lowest BCUT2D eigenvalue weighted by Gasteiger charge is -2.58. The van der Waals surface area contributed by atoms with Gasteiger partial charge < -0.3 is 5.11 Å². The van der Waals surface area contributed by atoms with E-state index in [9.17, 15) is 5.11 Å². The number of fused-ring (bicyclic) bond motifs is 5. The number of hydrogen-bond acceptors (Lipinski definition) is 1. The van der Waals surface area contributed by atoms with Crippen molar-refractivity contribution in [3.63, 3.8) is 0 Å². The van der Waals surface area contributed by atoms with Crippen molar-refractivity contribution >= 4 is 0 Å². The fourth-order valence-corrected chi connectivity index (χ4v) is 9.30. The number of aliphatic hydroxyl groups excluding tert-OH is 1. The van der Waals surface area contributed by atoms with Crippen LogP contribution >= 0.6 is 0 Å². The molecule has 9 atom stereocenters. The average Bonchev–Trinajstić information content (AvgIpc) is 3.05. The van der Waals surface area contributed by atoms with Crippen molar-refractivity contribution in [2.75, 3.05) is 0 Å². The molecule has 1 unspecified atom stereocenters. The minimum Gasteiger partial charge on any atom is -0.393 e. The van der Waals surface area contributed by atoms with Gasteiger partial charge in [-0.25, -0.2) is 0 Å². The second-order valence-electron chi connectivity index (χ2n) is 13.1. The fraction of sp³-hybridized carbons (Fsp3) is 0.867. The Morgan fingerprint density at radius 1 is 1.10 bits per heavy atom. The standard InChI is InChI=1S/C30H50O/c1-20(2)18-21(3)8-7-9-22(4)26-12-13-27-25-11-10-23-19-24(31)14-16-29(23,5)28(25)15-17-30(26,27)6/h10,21-22,24-28,31H,1,7-9,11-19H2,2-6H3/t21?,22-,24+,25+,26-,27+,28+,29+,30-/m1/s1. The van der Waals surface area contributed by atoms with Crippen molar-refractivity contribution in [1.82, 2.24) is 0 Å². The Hall–Kier alpha value is -0.560. The van der Waals surface area contributed by atoms with Gasteiger partial charge in [-0.15, -0.1) is 6.58 Å². The van der Waals surface area contributed by atoms with Crippen LogP contribution in [0.1, 0.15) is 112 Å². The van der Waals surface area contributed by atoms with Crippen molar-refractivity contribution in [1.29, 1.82) is 0 Å². The normalized spacial score (nSPS) is 43.9. The summed E-state index contributed by atoms with van der Waals surface area (Å²) in [6, 6.07) is 0. The molecule has 3 fully saturated rings. The molecule has 0 radical (unpaired) electrons. The zero-order valence-corrected chi connectivity index (χ0v) is 21.3. The second-order valence-corrected chi connectivity index (χ2v) is 13.1. The zero-order valence-electron chi connectivity index (χ0n) is 21.3. The molecule has 0 spiro atoms. The SMILES string of the molecule is C=C(C)CC(C)CCC[C@@H](C)[C@H]1CC[C@H]2[C@@H]3CC=C4C[C@@H](O)CC[C@]4(C)[C@H]3CC[C@]12C. The Morgan fingerprint density at radius 3 is 2.61 bits per heavy atom. The van der Waals surface area contributed by atoms with Gasteiger partial charge in [-0.2, -0.15) is 0 Å². The van der Waals surface area contributed by atoms with Crippen LogP contribution in [0.25, 0.3) is 0 Å². The molecule has 0 aromatic carbocycles. The highest BCUT2D eigenvalue weighted by Crippen LogP contribution is 2.67. The molecule has 31 heavy (non-hydrogen) atoms. The quantitative estimate of drug-likeness (QED) is 0.406. The van der Waals surface area contributed by atoms with Gasteiger partial charge in [0.1, 0.15) is 0 Å². The van der Waals surface area contributed by atoms with Gasteiger partial charge in [0.05, 0.1) is 6.10 Å². The van der Waals surface area contributed by atoms with Crippen molar-refractivity contribution in [2.45, 2.75) is 118 Å². The fourth-order valence-electron chi connectivity index (χ4n) is 9.30. The predicted octanol–water partition coefficient (Wildman–Crippen LogP) is 8.34. The summed E-state index contributed by atoms with van der Waals surface area (Å²) < 4.78 is 0. The Bertz CT molecular complexity index is 691. The van der Waals surface area contributed by atoms with Gasteiger partial charge in [0.15, 0.2) is 0 Å². The first-order chi connectivity index (χ1) is 14.6. The average molecular weight is 427 g/mol. The van der Waals surface area contributed by atoms with Crippen LogP contribution in [-0.4, -0.2) is 11.2 Å². The first-order valence-corrected chi connectivity index (χ1v) is 13.7. The van der Waals surface area contributed by atoms with Gasteiger partial charge >= 0.3 is 0 Å². The van der Waals surface area contributed by atoms with Crippen molar-refractivity contribution in [3.8, 4) is 0 Å². The minimum atomic E-state index is -0.0837. The Kier molecular flexibility index (Phi) is 6.85. The maximum atomic E-state index is 10.2. The van der Waals surface area contributed by atoms with E-state index < -0.39 is 0 Å². The molecule has 0 aromatic heterocycles. The summed E-state index contributed by atoms with van der Waals surface area (Å²) in [5.74, 6) is 5.30. The summed E-state index contributed by atoms with van der Waals surface area (Å²) in [5, 5.41) is 10.2. The van der Waals surface area contributed by atoms with Gasteiger partial charge in [0.2, 0.25) is 0 Å². The molecule has 0 saturated heterocycles. The molecule has 3 saturated carbocycles. The van der Waals surface area contributed by atoms with E-state index in [-0.39, 0.29) is 6.10 Å². The van der Waals surface area contributed by atoms with Crippen LogP contribution in [-0.2, 0) is 0 Å². The smallest absolute Gasteiger partial charge is 0.0577 e. The van der Waals surface area contributed by atoms with Gasteiger partial charge in [-0.1, -0.05) is 64.2 Å². The number of hydrogen-bond donors (Lipinski definition) is 1. The van der Waals surface area contributed by atoms with Gasteiger partial charge in [0.25, 0.3) is 0 Å². The second kappa shape index (κ2) is 9.00. The summed E-state index contributed by atoms with van der Waals surface area (Å²) in [6.07, 6.45) is 18.2. The van der Waals surface area contributed by atoms with E-state index in [2.05, 4.69) is 47.3 Å². The summed E-state index contributed by atoms with van der Waals surface area (Å²) in [6.45, 7) is 16.5. The Labute approximate surface area is 193 Å². The van der Waals surface area contributed by atoms with Crippen molar-refractivity contribution in [3.05, 3.63) is 23.8 Å². The largest absolute Gasteiger partial charge is 0.393 e. The third kappa shape index (κ3) is 4.34. The Balaban J connectivity index is 1.41. The monoisotopic (exact) mass is 426 g/mol. The molecular weight excluding hydrogens is 376 g/mol. The highest BCUT2D eigenvalue weighted by atomic mass is 16.3. The third-order valence-corrected chi connectivity index (χ3v) is 10.9. The van der Waals surface area contributed by atoms with E-state index in [0.29, 0.717) is 10.8 Å². The van der Waals surface area contributed by atoms with Gasteiger partial charge in [0, 0.05) is 0 Å². The van der Waals surface area contributed by atoms with E-state index >= 15 is 0 Å². The van der Waals surface area contributed by atoms with Crippen LogP contribution in [0.4, 0.5) is 0 Å². The lowest BCUT2D eigenvalue weighted by molar-refractivity contribution is -0.0573. The van der Waals surface area contributed by atoms with E-state index in [1.165, 1.54) is 69.8 Å². The predicted molar refractivity (Wildman–Crippen MR) is 133 cm³/mol. The minimum absolute atomic E-state index is 0.0837. The van der Waals surface area contributed by atoms with E-state index in [1.807, 2.05) is 0 Å². The molecule has 4 aliphatic carbocycles. The topological polar surface area (TPSA) is 20.2 Å². The Morgan fingerprint density at radius 2 is 1.87 bits per heavy atom. The molecule has 0 aromatic rings. The lowest BCUT2D eigenvalue weighted by atomic mass is 9.47. The number of rotatable bonds is 7. The van der Waals surface area contributed by atoms with Gasteiger partial charge in [-0.3, -0.25) is 0 Å². The third-order valence-electron chi connectivity index (χ3n) is 10.9. The molecule has 0 heterocycles. The molecular formula is C30H50O. The molecule has 176 valence electrons. The van der Waals surface area contributed by atoms with Crippen molar-refractivity contribution < 1.29 is 5.11 Å². The maximum Gasteiger partial charge on any atom is 0.0577 e. The van der Waals surface area contributed by atoms with Crippen molar-refractivity contribution in [2.24, 2.45) is 46.3 Å². The van der Waals surface area contributed by atoms with E-state index in [4.69, 9.17) is 0 Å². The van der Waals surface area contributed by atoms with Crippen LogP contribution in [0, 0.1) is 46.3 Å². The molecule has 4 aliphatic rings. The summed E-state index contributed by atoms with van der Waals surface area (Å²) >= 11 is 0. The first kappa shape index (κ1) is 23.6. The molecule has 1 N–H and O–H groups in total. The molecule has 4 rings (SSSR count). The van der Waals surface area contributed by atoms with Crippen LogP contribution in [0.5, 0.6) is 0 Å². The number of allylic oxidation sites excluding steroid dienone is 2. The molecule has 0 bridgehead atoms. The molecule has 0 aliphatic heterocycles. The molecule has 1 nitrogen and oxygen atoms in total. The van der Waals surface area contributed by atoms with Crippen LogP contribution in [0.3, 0.4) is 0 Å². The van der Waals surface area contributed by atoms with Gasteiger partial charge in [-0.05, 0) is 111 Å². The summed E-state index contributed by atoms with van der Waals surface area (Å²) in [5.41, 5.74) is 3.91. The zero-order chi connectivity index (χ0) is 22.4. The van der Waals surface area contributed by atoms with E-state index in [1.54, 1.807) is 5.57 Å². The first-order valence-electron chi connectivity index (χ1n) is 13.7. The summed E-state index contributed by atoms with van der Waals surface area (Å²) in [7, 11) is 0.